The number of aryl methyl sites for hydroxylation is 1. The van der Waals surface area contributed by atoms with E-state index in [0.29, 0.717) is 11.3 Å². The molecule has 0 spiro atoms. The maximum atomic E-state index is 11.4. The van der Waals surface area contributed by atoms with Crippen molar-refractivity contribution in [2.75, 3.05) is 6.26 Å². The van der Waals surface area contributed by atoms with Crippen molar-refractivity contribution in [1.82, 2.24) is 0 Å². The molecule has 0 amide bonds. The van der Waals surface area contributed by atoms with Crippen LogP contribution in [0.2, 0.25) is 0 Å². The zero-order valence-electron chi connectivity index (χ0n) is 9.53. The Morgan fingerprint density at radius 1 is 1.38 bits per heavy atom. The molecule has 4 heteroatoms. The van der Waals surface area contributed by atoms with Crippen molar-refractivity contribution in [1.29, 1.82) is 0 Å². The molecule has 1 N–H and O–H groups in total. The van der Waals surface area contributed by atoms with Crippen molar-refractivity contribution in [2.24, 2.45) is 0 Å². The molecule has 0 heterocycles. The third-order valence-corrected chi connectivity index (χ3v) is 4.26. The maximum Gasteiger partial charge on any atom is 0.175 e. The van der Waals surface area contributed by atoms with Gasteiger partial charge in [-0.1, -0.05) is 12.1 Å². The van der Waals surface area contributed by atoms with Gasteiger partial charge in [0.25, 0.3) is 0 Å². The molecule has 0 saturated heterocycles. The molecule has 1 aromatic rings. The molecule has 0 bridgehead atoms. The van der Waals surface area contributed by atoms with Gasteiger partial charge in [-0.3, -0.25) is 0 Å². The standard InChI is InChI=1S/C12H16O3S/c1-9-7-10(8-12(13)5-6-12)3-4-11(9)16(2,14)15/h3-4,7,13H,5-6,8H2,1-2H3. The number of aliphatic hydroxyl groups is 1. The topological polar surface area (TPSA) is 54.4 Å². The highest BCUT2D eigenvalue weighted by atomic mass is 32.2. The molecule has 88 valence electrons. The molecule has 1 aliphatic carbocycles. The number of hydrogen-bond donors (Lipinski definition) is 1. The number of sulfone groups is 1. The molecule has 1 fully saturated rings. The predicted molar refractivity (Wildman–Crippen MR) is 62.2 cm³/mol. The van der Waals surface area contributed by atoms with E-state index in [1.807, 2.05) is 6.07 Å². The zero-order chi connectivity index (χ0) is 12.0. The lowest BCUT2D eigenvalue weighted by atomic mass is 10.0. The van der Waals surface area contributed by atoms with Gasteiger partial charge in [0.15, 0.2) is 9.84 Å². The lowest BCUT2D eigenvalue weighted by molar-refractivity contribution is 0.151. The maximum absolute atomic E-state index is 11.4. The number of hydrogen-bond acceptors (Lipinski definition) is 3. The van der Waals surface area contributed by atoms with Crippen LogP contribution in [-0.2, 0) is 16.3 Å². The minimum atomic E-state index is -3.14. The Labute approximate surface area is 96.0 Å². The first-order chi connectivity index (χ1) is 7.30. The van der Waals surface area contributed by atoms with Crippen LogP contribution in [0.5, 0.6) is 0 Å². The molecule has 1 saturated carbocycles. The summed E-state index contributed by atoms with van der Waals surface area (Å²) in [5, 5.41) is 9.78. The Kier molecular flexibility index (Phi) is 2.59. The van der Waals surface area contributed by atoms with Gasteiger partial charge >= 0.3 is 0 Å². The Morgan fingerprint density at radius 3 is 2.44 bits per heavy atom. The highest BCUT2D eigenvalue weighted by Gasteiger charge is 2.40. The molecule has 0 aromatic heterocycles. The van der Waals surface area contributed by atoms with E-state index in [2.05, 4.69) is 0 Å². The molecule has 0 radical (unpaired) electrons. The molecule has 1 aromatic carbocycles. The summed E-state index contributed by atoms with van der Waals surface area (Å²) >= 11 is 0. The minimum absolute atomic E-state index is 0.374. The normalized spacial score (nSPS) is 18.4. The summed E-state index contributed by atoms with van der Waals surface area (Å²) in [5.74, 6) is 0. The summed E-state index contributed by atoms with van der Waals surface area (Å²) in [7, 11) is -3.14. The molecule has 0 atom stereocenters. The van der Waals surface area contributed by atoms with E-state index < -0.39 is 15.4 Å². The van der Waals surface area contributed by atoms with Gasteiger partial charge in [-0.15, -0.1) is 0 Å². The van der Waals surface area contributed by atoms with Gasteiger partial charge < -0.3 is 5.11 Å². The van der Waals surface area contributed by atoms with E-state index in [9.17, 15) is 13.5 Å². The van der Waals surface area contributed by atoms with Crippen LogP contribution in [-0.4, -0.2) is 25.4 Å². The van der Waals surface area contributed by atoms with E-state index in [-0.39, 0.29) is 0 Å². The van der Waals surface area contributed by atoms with Crippen LogP contribution in [0.3, 0.4) is 0 Å². The van der Waals surface area contributed by atoms with Gasteiger partial charge in [0.05, 0.1) is 10.5 Å². The van der Waals surface area contributed by atoms with Crippen molar-refractivity contribution in [2.45, 2.75) is 36.7 Å². The Balaban J connectivity index is 2.29. The fraction of sp³-hybridized carbons (Fsp3) is 0.500. The average molecular weight is 240 g/mol. The Bertz CT molecular complexity index is 513. The van der Waals surface area contributed by atoms with Gasteiger partial charge in [0.1, 0.15) is 0 Å². The van der Waals surface area contributed by atoms with Crippen molar-refractivity contribution in [3.8, 4) is 0 Å². The molecule has 0 aliphatic heterocycles. The van der Waals surface area contributed by atoms with Crippen LogP contribution >= 0.6 is 0 Å². The average Bonchev–Trinajstić information content (AvgIpc) is 2.80. The summed E-state index contributed by atoms with van der Waals surface area (Å²) < 4.78 is 22.8. The van der Waals surface area contributed by atoms with Crippen LogP contribution in [0.4, 0.5) is 0 Å². The van der Waals surface area contributed by atoms with E-state index in [0.717, 1.165) is 24.0 Å². The van der Waals surface area contributed by atoms with Crippen molar-refractivity contribution in [3.63, 3.8) is 0 Å². The van der Waals surface area contributed by atoms with Crippen LogP contribution in [0.25, 0.3) is 0 Å². The van der Waals surface area contributed by atoms with E-state index in [1.54, 1.807) is 19.1 Å². The fourth-order valence-corrected chi connectivity index (χ4v) is 2.90. The second-order valence-electron chi connectivity index (χ2n) is 4.77. The van der Waals surface area contributed by atoms with Gasteiger partial charge in [-0.05, 0) is 37.0 Å². The summed E-state index contributed by atoms with van der Waals surface area (Å²) in [6, 6.07) is 5.28. The van der Waals surface area contributed by atoms with Gasteiger partial charge in [-0.25, -0.2) is 8.42 Å². The fourth-order valence-electron chi connectivity index (χ4n) is 1.94. The SMILES string of the molecule is Cc1cc(CC2(O)CC2)ccc1S(C)(=O)=O. The first-order valence-corrected chi connectivity index (χ1v) is 7.21. The summed E-state index contributed by atoms with van der Waals surface area (Å²) in [5.41, 5.74) is 1.23. The molecule has 0 unspecified atom stereocenters. The van der Waals surface area contributed by atoms with E-state index in [1.165, 1.54) is 6.26 Å². The van der Waals surface area contributed by atoms with Gasteiger partial charge in [-0.2, -0.15) is 0 Å². The highest BCUT2D eigenvalue weighted by molar-refractivity contribution is 7.90. The van der Waals surface area contributed by atoms with Crippen molar-refractivity contribution < 1.29 is 13.5 Å². The lowest BCUT2D eigenvalue weighted by Crippen LogP contribution is -2.11. The zero-order valence-corrected chi connectivity index (χ0v) is 10.3. The summed E-state index contributed by atoms with van der Waals surface area (Å²) in [6.07, 6.45) is 3.53. The predicted octanol–water partition coefficient (Wildman–Crippen LogP) is 1.47. The smallest absolute Gasteiger partial charge is 0.175 e. The number of benzene rings is 1. The second-order valence-corrected chi connectivity index (χ2v) is 6.76. The van der Waals surface area contributed by atoms with Crippen molar-refractivity contribution in [3.05, 3.63) is 29.3 Å². The number of rotatable bonds is 3. The van der Waals surface area contributed by atoms with Crippen LogP contribution in [0.1, 0.15) is 24.0 Å². The second kappa shape index (κ2) is 3.57. The summed E-state index contributed by atoms with van der Waals surface area (Å²) in [6.45, 7) is 1.79. The van der Waals surface area contributed by atoms with Gasteiger partial charge in [0, 0.05) is 12.7 Å². The molecule has 3 nitrogen and oxygen atoms in total. The van der Waals surface area contributed by atoms with Crippen LogP contribution in [0.15, 0.2) is 23.1 Å². The highest BCUT2D eigenvalue weighted by Crippen LogP contribution is 2.38. The van der Waals surface area contributed by atoms with Crippen LogP contribution < -0.4 is 0 Å². The lowest BCUT2D eigenvalue weighted by Gasteiger charge is -2.10. The van der Waals surface area contributed by atoms with E-state index in [4.69, 9.17) is 0 Å². The third kappa shape index (κ3) is 2.44. The van der Waals surface area contributed by atoms with Crippen LogP contribution in [0, 0.1) is 6.92 Å². The largest absolute Gasteiger partial charge is 0.390 e. The molecule has 16 heavy (non-hydrogen) atoms. The molecular formula is C12H16O3S. The quantitative estimate of drug-likeness (QED) is 0.870. The monoisotopic (exact) mass is 240 g/mol. The van der Waals surface area contributed by atoms with Crippen molar-refractivity contribution >= 4 is 9.84 Å². The van der Waals surface area contributed by atoms with E-state index >= 15 is 0 Å². The Morgan fingerprint density at radius 2 is 2.00 bits per heavy atom. The summed E-state index contributed by atoms with van der Waals surface area (Å²) in [4.78, 5) is 0.374. The molecule has 1 aliphatic rings. The molecule has 2 rings (SSSR count). The molecular weight excluding hydrogens is 224 g/mol. The first kappa shape index (κ1) is 11.6. The first-order valence-electron chi connectivity index (χ1n) is 5.32. The Hall–Kier alpha value is -0.870. The minimum Gasteiger partial charge on any atom is -0.390 e. The van der Waals surface area contributed by atoms with Gasteiger partial charge in [0.2, 0.25) is 0 Å². The third-order valence-electron chi connectivity index (χ3n) is 3.00.